The molecule has 0 aliphatic heterocycles. The Bertz CT molecular complexity index is 1850. The number of halogens is 3. The van der Waals surface area contributed by atoms with Crippen LogP contribution < -0.4 is 21.3 Å². The number of aromatic nitrogens is 2. The molecule has 0 aliphatic rings. The molecule has 4 rings (SSSR count). The van der Waals surface area contributed by atoms with Crippen LogP contribution in [0.1, 0.15) is 19.4 Å². The Morgan fingerprint density at radius 1 is 1.00 bits per heavy atom. The van der Waals surface area contributed by atoms with Crippen molar-refractivity contribution in [3.63, 3.8) is 0 Å². The molecule has 16 heteroatoms. The molecule has 1 heterocycles. The van der Waals surface area contributed by atoms with Crippen LogP contribution in [0.15, 0.2) is 88.3 Å². The van der Waals surface area contributed by atoms with E-state index in [4.69, 9.17) is 4.74 Å². The molecule has 4 aromatic rings. The standard InChI is InChI=1S/C31H32F3N7O5S/c1-4-46-30(44)41-47(3,45)25-14-12-22(13-15-25)37-28-35-17-26(27(40-28)36-19(2)18-42)20-8-10-23(11-9-20)38-29(43)39-24-7-5-6-21(16-24)31(32,33)34/h5-17,19,42H,4,18H2,1-3H3,(H2,38,39,43)(H2,35,36,37,40)/t19-,47?/m1/s1. The molecular weight excluding hydrogens is 639 g/mol. The number of alkyl halides is 3. The number of carbonyl (C=O) groups excluding carboxylic acids is 2. The fourth-order valence-electron chi connectivity index (χ4n) is 4.11. The van der Waals surface area contributed by atoms with Crippen LogP contribution in [-0.4, -0.2) is 56.9 Å². The molecule has 0 bridgehead atoms. The van der Waals surface area contributed by atoms with Gasteiger partial charge in [-0.1, -0.05) is 18.2 Å². The van der Waals surface area contributed by atoms with Gasteiger partial charge in [0.05, 0.1) is 28.5 Å². The van der Waals surface area contributed by atoms with E-state index in [1.807, 2.05) is 0 Å². The molecule has 0 fully saturated rings. The summed E-state index contributed by atoms with van der Waals surface area (Å²) >= 11 is 0. The SMILES string of the molecule is CCOC(=O)N=S(C)(=O)c1ccc(Nc2ncc(-c3ccc(NC(=O)Nc4cccc(C(F)(F)F)c4)cc3)c(N[C@H](C)CO)n2)cc1. The van der Waals surface area contributed by atoms with E-state index in [1.165, 1.54) is 18.4 Å². The van der Waals surface area contributed by atoms with Crippen LogP contribution in [0.3, 0.4) is 0 Å². The number of benzene rings is 3. The highest BCUT2D eigenvalue weighted by Crippen LogP contribution is 2.31. The van der Waals surface area contributed by atoms with Crippen LogP contribution in [0.4, 0.5) is 51.6 Å². The van der Waals surface area contributed by atoms with Gasteiger partial charge in [0.25, 0.3) is 0 Å². The number of urea groups is 1. The molecule has 0 aliphatic carbocycles. The predicted octanol–water partition coefficient (Wildman–Crippen LogP) is 6.96. The molecule has 47 heavy (non-hydrogen) atoms. The van der Waals surface area contributed by atoms with E-state index in [0.717, 1.165) is 12.1 Å². The van der Waals surface area contributed by atoms with Gasteiger partial charge in [0.15, 0.2) is 0 Å². The van der Waals surface area contributed by atoms with Crippen molar-refractivity contribution >= 4 is 50.7 Å². The minimum Gasteiger partial charge on any atom is -0.448 e. The molecule has 12 nitrogen and oxygen atoms in total. The van der Waals surface area contributed by atoms with Gasteiger partial charge in [0.2, 0.25) is 5.95 Å². The number of rotatable bonds is 10. The summed E-state index contributed by atoms with van der Waals surface area (Å²) in [7, 11) is -3.02. The molecule has 248 valence electrons. The minimum absolute atomic E-state index is 0.0149. The highest BCUT2D eigenvalue weighted by Gasteiger charge is 2.30. The summed E-state index contributed by atoms with van der Waals surface area (Å²) in [5, 5.41) is 20.8. The minimum atomic E-state index is -4.54. The van der Waals surface area contributed by atoms with Gasteiger partial charge in [-0.2, -0.15) is 18.2 Å². The van der Waals surface area contributed by atoms with Crippen molar-refractivity contribution < 1.29 is 36.8 Å². The fraction of sp³-hybridized carbons (Fsp3) is 0.226. The quantitative estimate of drug-likeness (QED) is 0.120. The lowest BCUT2D eigenvalue weighted by atomic mass is 10.1. The van der Waals surface area contributed by atoms with Crippen molar-refractivity contribution in [2.45, 2.75) is 31.0 Å². The number of anilines is 5. The van der Waals surface area contributed by atoms with Crippen molar-refractivity contribution in [3.8, 4) is 11.1 Å². The van der Waals surface area contributed by atoms with Crippen LogP contribution in [0.25, 0.3) is 11.1 Å². The van der Waals surface area contributed by atoms with E-state index < -0.39 is 33.6 Å². The average Bonchev–Trinajstić information content (AvgIpc) is 3.01. The Morgan fingerprint density at radius 3 is 2.30 bits per heavy atom. The highest BCUT2D eigenvalue weighted by molar-refractivity contribution is 7.93. The topological polar surface area (TPSA) is 167 Å². The van der Waals surface area contributed by atoms with Crippen molar-refractivity contribution in [2.75, 3.05) is 40.7 Å². The maximum Gasteiger partial charge on any atom is 0.442 e. The number of aliphatic hydroxyl groups excluding tert-OH is 1. The zero-order valence-electron chi connectivity index (χ0n) is 25.5. The Labute approximate surface area is 269 Å². The maximum atomic E-state index is 13.0. The van der Waals surface area contributed by atoms with Crippen molar-refractivity contribution in [3.05, 3.63) is 84.6 Å². The summed E-state index contributed by atoms with van der Waals surface area (Å²) in [6.45, 7) is 3.32. The molecule has 1 unspecified atom stereocenters. The largest absolute Gasteiger partial charge is 0.448 e. The second-order valence-electron chi connectivity index (χ2n) is 10.2. The second-order valence-corrected chi connectivity index (χ2v) is 12.4. The van der Waals surface area contributed by atoms with Crippen LogP contribution in [0.5, 0.6) is 0 Å². The first-order valence-electron chi connectivity index (χ1n) is 14.1. The van der Waals surface area contributed by atoms with Gasteiger partial charge >= 0.3 is 18.3 Å². The monoisotopic (exact) mass is 671 g/mol. The number of hydrogen-bond acceptors (Lipinski definition) is 9. The molecule has 0 saturated heterocycles. The predicted molar refractivity (Wildman–Crippen MR) is 173 cm³/mol. The summed E-state index contributed by atoms with van der Waals surface area (Å²) in [5.41, 5.74) is 1.29. The number of nitrogens with one attached hydrogen (secondary N) is 4. The number of carbonyl (C=O) groups is 2. The molecule has 3 amide bonds. The molecule has 2 atom stereocenters. The number of aliphatic hydroxyl groups is 1. The van der Waals surface area contributed by atoms with Crippen LogP contribution in [0, 0.1) is 0 Å². The number of nitrogens with zero attached hydrogens (tertiary/aromatic N) is 3. The molecule has 5 N–H and O–H groups in total. The summed E-state index contributed by atoms with van der Waals surface area (Å²) in [5.74, 6) is 0.612. The number of ether oxygens (including phenoxy) is 1. The lowest BCUT2D eigenvalue weighted by Gasteiger charge is -2.17. The Kier molecular flexibility index (Phi) is 11.0. The highest BCUT2D eigenvalue weighted by atomic mass is 32.2. The van der Waals surface area contributed by atoms with E-state index in [0.29, 0.717) is 33.2 Å². The lowest BCUT2D eigenvalue weighted by molar-refractivity contribution is -0.137. The van der Waals surface area contributed by atoms with Crippen molar-refractivity contribution in [2.24, 2.45) is 4.36 Å². The van der Waals surface area contributed by atoms with Crippen LogP contribution in [-0.2, 0) is 20.6 Å². The van der Waals surface area contributed by atoms with Gasteiger partial charge in [-0.3, -0.25) is 0 Å². The van der Waals surface area contributed by atoms with Gasteiger partial charge in [0.1, 0.15) is 5.82 Å². The van der Waals surface area contributed by atoms with Crippen LogP contribution in [0.2, 0.25) is 0 Å². The first-order valence-corrected chi connectivity index (χ1v) is 16.1. The van der Waals surface area contributed by atoms with Crippen molar-refractivity contribution in [1.29, 1.82) is 0 Å². The molecule has 0 radical (unpaired) electrons. The summed E-state index contributed by atoms with van der Waals surface area (Å²) in [4.78, 5) is 33.4. The van der Waals surface area contributed by atoms with Crippen LogP contribution >= 0.6 is 0 Å². The maximum absolute atomic E-state index is 13.0. The third kappa shape index (κ3) is 9.64. The van der Waals surface area contributed by atoms with Gasteiger partial charge in [-0.25, -0.2) is 18.8 Å². The molecule has 3 aromatic carbocycles. The summed E-state index contributed by atoms with van der Waals surface area (Å²) in [6, 6.07) is 16.2. The zero-order chi connectivity index (χ0) is 34.2. The molecule has 0 saturated carbocycles. The average molecular weight is 672 g/mol. The third-order valence-corrected chi connectivity index (χ3v) is 8.06. The number of hydrogen-bond donors (Lipinski definition) is 5. The van der Waals surface area contributed by atoms with Gasteiger partial charge < -0.3 is 31.1 Å². The Morgan fingerprint density at radius 2 is 1.66 bits per heavy atom. The Balaban J connectivity index is 1.49. The van der Waals surface area contributed by atoms with E-state index in [1.54, 1.807) is 68.6 Å². The van der Waals surface area contributed by atoms with Crippen molar-refractivity contribution in [1.82, 2.24) is 9.97 Å². The normalized spacial score (nSPS) is 13.1. The molecule has 1 aromatic heterocycles. The molecule has 0 spiro atoms. The second kappa shape index (κ2) is 14.9. The zero-order valence-corrected chi connectivity index (χ0v) is 26.3. The first-order chi connectivity index (χ1) is 22.3. The summed E-state index contributed by atoms with van der Waals surface area (Å²) < 4.78 is 60.3. The Hall–Kier alpha value is -5.22. The third-order valence-electron chi connectivity index (χ3n) is 6.41. The lowest BCUT2D eigenvalue weighted by Crippen LogP contribution is -2.21. The van der Waals surface area contributed by atoms with E-state index in [9.17, 15) is 32.1 Å². The smallest absolute Gasteiger partial charge is 0.442 e. The van der Waals surface area contributed by atoms with E-state index >= 15 is 0 Å². The first kappa shape index (κ1) is 34.6. The fourth-order valence-corrected chi connectivity index (χ4v) is 5.19. The van der Waals surface area contributed by atoms with Gasteiger partial charge in [-0.05, 0) is 74.0 Å². The molecular formula is C31H32F3N7O5S. The summed E-state index contributed by atoms with van der Waals surface area (Å²) in [6.07, 6.45) is -2.54. The van der Waals surface area contributed by atoms with E-state index in [2.05, 4.69) is 35.6 Å². The van der Waals surface area contributed by atoms with Gasteiger partial charge in [0, 0.05) is 46.0 Å². The van der Waals surface area contributed by atoms with Gasteiger partial charge in [-0.15, -0.1) is 4.36 Å². The van der Waals surface area contributed by atoms with E-state index in [-0.39, 0.29) is 30.9 Å². The number of amides is 3.